The SMILES string of the molecule is O=C(O)c1ccccc1O.[Ca]. The third-order valence-electron chi connectivity index (χ3n) is 1.13. The molecular weight excluding hydrogens is 172 g/mol. The minimum absolute atomic E-state index is 0. The van der Waals surface area contributed by atoms with Gasteiger partial charge in [0.05, 0.1) is 0 Å². The van der Waals surface area contributed by atoms with E-state index in [9.17, 15) is 4.79 Å². The van der Waals surface area contributed by atoms with Crippen molar-refractivity contribution in [2.24, 2.45) is 0 Å². The van der Waals surface area contributed by atoms with E-state index in [0.717, 1.165) is 0 Å². The first kappa shape index (κ1) is 10.7. The van der Waals surface area contributed by atoms with Crippen LogP contribution < -0.4 is 0 Å². The molecule has 0 fully saturated rings. The van der Waals surface area contributed by atoms with Gasteiger partial charge in [0.15, 0.2) is 0 Å². The van der Waals surface area contributed by atoms with Crippen molar-refractivity contribution in [3.63, 3.8) is 0 Å². The Labute approximate surface area is 93.7 Å². The smallest absolute Gasteiger partial charge is 0.339 e. The van der Waals surface area contributed by atoms with Crippen LogP contribution in [0.3, 0.4) is 0 Å². The summed E-state index contributed by atoms with van der Waals surface area (Å²) in [5.74, 6) is -1.31. The van der Waals surface area contributed by atoms with Crippen molar-refractivity contribution in [3.8, 4) is 5.75 Å². The summed E-state index contributed by atoms with van der Waals surface area (Å²) in [6.45, 7) is 0. The van der Waals surface area contributed by atoms with Gasteiger partial charge < -0.3 is 10.2 Å². The van der Waals surface area contributed by atoms with E-state index in [-0.39, 0.29) is 49.1 Å². The molecule has 4 heteroatoms. The molecule has 1 aromatic carbocycles. The van der Waals surface area contributed by atoms with Crippen molar-refractivity contribution in [1.29, 1.82) is 0 Å². The minimum Gasteiger partial charge on any atom is -0.507 e. The maximum Gasteiger partial charge on any atom is 0.339 e. The van der Waals surface area contributed by atoms with Crippen LogP contribution in [0.25, 0.3) is 0 Å². The van der Waals surface area contributed by atoms with Crippen molar-refractivity contribution < 1.29 is 15.0 Å². The number of rotatable bonds is 1. The monoisotopic (exact) mass is 178 g/mol. The van der Waals surface area contributed by atoms with E-state index in [0.29, 0.717) is 0 Å². The fraction of sp³-hybridized carbons (Fsp3) is 0. The molecule has 0 aromatic heterocycles. The summed E-state index contributed by atoms with van der Waals surface area (Å²) in [6.07, 6.45) is 0. The van der Waals surface area contributed by atoms with Gasteiger partial charge in [0.1, 0.15) is 11.3 Å². The molecule has 1 aromatic rings. The zero-order valence-electron chi connectivity index (χ0n) is 5.82. The van der Waals surface area contributed by atoms with E-state index < -0.39 is 5.97 Å². The molecule has 0 aliphatic rings. The summed E-state index contributed by atoms with van der Waals surface area (Å²) >= 11 is 0. The van der Waals surface area contributed by atoms with Crippen molar-refractivity contribution >= 4 is 43.7 Å². The summed E-state index contributed by atoms with van der Waals surface area (Å²) in [5.41, 5.74) is -0.0671. The summed E-state index contributed by atoms with van der Waals surface area (Å²) in [6, 6.07) is 5.81. The molecule has 54 valence electrons. The molecular formula is C7H6CaO3. The Balaban J connectivity index is 0.000001000. The number of phenols is 1. The maximum absolute atomic E-state index is 10.3. The van der Waals surface area contributed by atoms with Gasteiger partial charge >= 0.3 is 5.97 Å². The third kappa shape index (κ3) is 2.69. The van der Waals surface area contributed by atoms with E-state index in [1.807, 2.05) is 0 Å². The first-order valence-electron chi connectivity index (χ1n) is 2.73. The zero-order chi connectivity index (χ0) is 7.56. The van der Waals surface area contributed by atoms with Crippen molar-refractivity contribution in [2.75, 3.05) is 0 Å². The van der Waals surface area contributed by atoms with Gasteiger partial charge in [-0.25, -0.2) is 4.79 Å². The van der Waals surface area contributed by atoms with Gasteiger partial charge in [0, 0.05) is 37.7 Å². The Morgan fingerprint density at radius 2 is 1.82 bits per heavy atom. The molecule has 0 bridgehead atoms. The van der Waals surface area contributed by atoms with Crippen LogP contribution >= 0.6 is 0 Å². The summed E-state index contributed by atoms with van der Waals surface area (Å²) in [5, 5.41) is 17.3. The quantitative estimate of drug-likeness (QED) is 0.623. The molecule has 0 saturated carbocycles. The summed E-state index contributed by atoms with van der Waals surface area (Å²) in [7, 11) is 0. The number of aromatic carboxylic acids is 1. The Bertz CT molecular complexity index is 260. The average Bonchev–Trinajstić information content (AvgIpc) is 1.88. The fourth-order valence-electron chi connectivity index (χ4n) is 0.654. The zero-order valence-corrected chi connectivity index (χ0v) is 8.03. The van der Waals surface area contributed by atoms with E-state index in [1.54, 1.807) is 12.1 Å². The van der Waals surface area contributed by atoms with Crippen LogP contribution in [0.2, 0.25) is 0 Å². The Kier molecular flexibility index (Phi) is 4.49. The summed E-state index contributed by atoms with van der Waals surface area (Å²) < 4.78 is 0. The molecule has 1 rings (SSSR count). The predicted octanol–water partition coefficient (Wildman–Crippen LogP) is 0.710. The predicted molar refractivity (Wildman–Crippen MR) is 40.8 cm³/mol. The second-order valence-corrected chi connectivity index (χ2v) is 1.82. The number of hydrogen-bond acceptors (Lipinski definition) is 2. The molecule has 3 nitrogen and oxygen atoms in total. The van der Waals surface area contributed by atoms with Gasteiger partial charge in [-0.1, -0.05) is 12.1 Å². The van der Waals surface area contributed by atoms with Crippen molar-refractivity contribution in [3.05, 3.63) is 29.8 Å². The molecule has 0 saturated heterocycles. The Hall–Kier alpha value is -0.250. The molecule has 0 aliphatic heterocycles. The van der Waals surface area contributed by atoms with Gasteiger partial charge in [-0.05, 0) is 12.1 Å². The maximum atomic E-state index is 10.3. The Morgan fingerprint density at radius 3 is 2.18 bits per heavy atom. The van der Waals surface area contributed by atoms with Gasteiger partial charge in [0.2, 0.25) is 0 Å². The molecule has 0 atom stereocenters. The minimum atomic E-state index is -1.11. The van der Waals surface area contributed by atoms with Crippen LogP contribution in [0.15, 0.2) is 24.3 Å². The van der Waals surface area contributed by atoms with Crippen LogP contribution in [0.1, 0.15) is 10.4 Å². The first-order chi connectivity index (χ1) is 4.72. The Morgan fingerprint density at radius 1 is 1.27 bits per heavy atom. The van der Waals surface area contributed by atoms with E-state index in [2.05, 4.69) is 0 Å². The first-order valence-corrected chi connectivity index (χ1v) is 2.73. The third-order valence-corrected chi connectivity index (χ3v) is 1.13. The molecule has 11 heavy (non-hydrogen) atoms. The van der Waals surface area contributed by atoms with E-state index in [1.165, 1.54) is 12.1 Å². The second kappa shape index (κ2) is 4.59. The second-order valence-electron chi connectivity index (χ2n) is 1.82. The molecule has 0 amide bonds. The van der Waals surface area contributed by atoms with Gasteiger partial charge in [-0.2, -0.15) is 0 Å². The molecule has 0 aliphatic carbocycles. The van der Waals surface area contributed by atoms with E-state index in [4.69, 9.17) is 10.2 Å². The van der Waals surface area contributed by atoms with Gasteiger partial charge in [-0.15, -0.1) is 0 Å². The fourth-order valence-corrected chi connectivity index (χ4v) is 0.654. The molecule has 0 heterocycles. The number of benzene rings is 1. The number of carboxylic acids is 1. The number of hydrogen-bond donors (Lipinski definition) is 2. The summed E-state index contributed by atoms with van der Waals surface area (Å²) in [4.78, 5) is 10.3. The molecule has 2 radical (unpaired) electrons. The van der Waals surface area contributed by atoms with Gasteiger partial charge in [0.25, 0.3) is 0 Å². The van der Waals surface area contributed by atoms with Crippen LogP contribution in [0, 0.1) is 0 Å². The molecule has 0 spiro atoms. The van der Waals surface area contributed by atoms with Crippen LogP contribution in [-0.4, -0.2) is 53.9 Å². The topological polar surface area (TPSA) is 57.5 Å². The average molecular weight is 178 g/mol. The van der Waals surface area contributed by atoms with Crippen LogP contribution in [0.5, 0.6) is 5.75 Å². The van der Waals surface area contributed by atoms with Crippen molar-refractivity contribution in [2.45, 2.75) is 0 Å². The number of aromatic hydroxyl groups is 1. The van der Waals surface area contributed by atoms with Crippen LogP contribution in [0.4, 0.5) is 0 Å². The van der Waals surface area contributed by atoms with E-state index >= 15 is 0 Å². The number of carboxylic acid groups (broad SMARTS) is 1. The number of carbonyl (C=O) groups is 1. The van der Waals surface area contributed by atoms with Crippen molar-refractivity contribution in [1.82, 2.24) is 0 Å². The normalized spacial score (nSPS) is 8.36. The molecule has 2 N–H and O–H groups in total. The standard InChI is InChI=1S/C7H6O3.Ca/c8-6-4-2-1-3-5(6)7(9)10;/h1-4,8H,(H,9,10);. The molecule has 0 unspecified atom stereocenters. The van der Waals surface area contributed by atoms with Gasteiger partial charge in [-0.3, -0.25) is 0 Å². The number of para-hydroxylation sites is 1. The van der Waals surface area contributed by atoms with Crippen LogP contribution in [-0.2, 0) is 0 Å². The largest absolute Gasteiger partial charge is 0.507 e.